The van der Waals surface area contributed by atoms with E-state index in [1.165, 1.54) is 12.8 Å². The Kier molecular flexibility index (Phi) is 5.78. The minimum absolute atomic E-state index is 0.0762. The minimum atomic E-state index is -0.0762. The molecule has 0 aromatic heterocycles. The number of hydrogen-bond donors (Lipinski definition) is 1. The molecule has 1 aliphatic carbocycles. The van der Waals surface area contributed by atoms with E-state index in [0.717, 1.165) is 16.4 Å². The summed E-state index contributed by atoms with van der Waals surface area (Å²) >= 11 is 14.4. The van der Waals surface area contributed by atoms with Gasteiger partial charge in [0.25, 0.3) is 5.91 Å². The molecular formula is C14H16Cl2INO. The summed E-state index contributed by atoms with van der Waals surface area (Å²) in [5.41, 5.74) is 0.604. The number of halogens is 3. The second-order valence-corrected chi connectivity index (χ2v) is 7.03. The molecule has 1 fully saturated rings. The van der Waals surface area contributed by atoms with E-state index in [-0.39, 0.29) is 11.3 Å². The summed E-state index contributed by atoms with van der Waals surface area (Å²) in [6.45, 7) is 0.649. The third-order valence-electron chi connectivity index (χ3n) is 3.52. The summed E-state index contributed by atoms with van der Waals surface area (Å²) in [5.74, 6) is 0.312. The molecule has 1 aromatic carbocycles. The van der Waals surface area contributed by atoms with E-state index < -0.39 is 0 Å². The van der Waals surface area contributed by atoms with E-state index in [0.29, 0.717) is 23.0 Å². The molecule has 2 atom stereocenters. The van der Waals surface area contributed by atoms with Crippen LogP contribution in [0.5, 0.6) is 0 Å². The van der Waals surface area contributed by atoms with Crippen molar-refractivity contribution in [2.45, 2.75) is 31.1 Å². The third-order valence-corrected chi connectivity index (χ3v) is 5.67. The lowest BCUT2D eigenvalue weighted by Crippen LogP contribution is -2.34. The largest absolute Gasteiger partial charge is 0.352 e. The molecule has 0 bridgehead atoms. The lowest BCUT2D eigenvalue weighted by molar-refractivity contribution is 0.0944. The molecule has 1 aliphatic rings. The van der Waals surface area contributed by atoms with Crippen molar-refractivity contribution in [2.75, 3.05) is 6.54 Å². The molecule has 1 aromatic rings. The van der Waals surface area contributed by atoms with E-state index in [4.69, 9.17) is 23.2 Å². The predicted octanol–water partition coefficient (Wildman–Crippen LogP) is 4.47. The highest BCUT2D eigenvalue weighted by Gasteiger charge is 2.23. The average molecular weight is 412 g/mol. The molecule has 19 heavy (non-hydrogen) atoms. The number of amides is 1. The first-order valence-electron chi connectivity index (χ1n) is 6.45. The maximum absolute atomic E-state index is 12.0. The highest BCUT2D eigenvalue weighted by molar-refractivity contribution is 14.1. The molecule has 0 heterocycles. The van der Waals surface area contributed by atoms with Crippen molar-refractivity contribution < 1.29 is 4.79 Å². The summed E-state index contributed by atoms with van der Waals surface area (Å²) in [5, 5.41) is 3.76. The van der Waals surface area contributed by atoms with Crippen molar-refractivity contribution in [1.29, 1.82) is 0 Å². The van der Waals surface area contributed by atoms with Crippen molar-refractivity contribution in [1.82, 2.24) is 5.32 Å². The Bertz CT molecular complexity index is 467. The topological polar surface area (TPSA) is 29.1 Å². The molecule has 2 nitrogen and oxygen atoms in total. The lowest BCUT2D eigenvalue weighted by atomic mass is 9.88. The second-order valence-electron chi connectivity index (χ2n) is 4.90. The van der Waals surface area contributed by atoms with E-state index in [1.807, 2.05) is 6.07 Å². The van der Waals surface area contributed by atoms with Gasteiger partial charge in [0.05, 0.1) is 5.02 Å². The summed E-state index contributed by atoms with van der Waals surface area (Å²) in [6, 6.07) is 5.35. The van der Waals surface area contributed by atoms with Gasteiger partial charge in [-0.2, -0.15) is 0 Å². The molecule has 5 heteroatoms. The van der Waals surface area contributed by atoms with Crippen molar-refractivity contribution >= 4 is 51.7 Å². The Balaban J connectivity index is 1.91. The Morgan fingerprint density at radius 2 is 2.11 bits per heavy atom. The fraction of sp³-hybridized carbons (Fsp3) is 0.500. The monoisotopic (exact) mass is 411 g/mol. The first kappa shape index (κ1) is 15.4. The zero-order chi connectivity index (χ0) is 13.8. The van der Waals surface area contributed by atoms with Crippen LogP contribution in [0.25, 0.3) is 0 Å². The molecule has 0 aliphatic heterocycles. The van der Waals surface area contributed by atoms with Crippen molar-refractivity contribution in [3.05, 3.63) is 32.4 Å². The van der Waals surface area contributed by atoms with Crippen LogP contribution in [0.1, 0.15) is 36.0 Å². The maximum Gasteiger partial charge on any atom is 0.251 e. The fourth-order valence-corrected chi connectivity index (χ4v) is 3.24. The van der Waals surface area contributed by atoms with E-state index in [1.54, 1.807) is 12.1 Å². The van der Waals surface area contributed by atoms with E-state index in [9.17, 15) is 4.79 Å². The molecule has 104 valence electrons. The maximum atomic E-state index is 12.0. The van der Waals surface area contributed by atoms with Gasteiger partial charge < -0.3 is 5.32 Å². The summed E-state index contributed by atoms with van der Waals surface area (Å²) in [7, 11) is 0. The number of benzene rings is 1. The molecule has 2 unspecified atom stereocenters. The van der Waals surface area contributed by atoms with Gasteiger partial charge in [-0.3, -0.25) is 4.79 Å². The third kappa shape index (κ3) is 4.23. The van der Waals surface area contributed by atoms with Crippen molar-refractivity contribution in [2.24, 2.45) is 5.92 Å². The molecular weight excluding hydrogens is 396 g/mol. The fourth-order valence-electron chi connectivity index (χ4n) is 2.36. The van der Waals surface area contributed by atoms with Gasteiger partial charge in [0.1, 0.15) is 0 Å². The van der Waals surface area contributed by atoms with Crippen LogP contribution in [-0.2, 0) is 0 Å². The molecule has 0 spiro atoms. The zero-order valence-electron chi connectivity index (χ0n) is 10.5. The SMILES string of the molecule is O=C(NCC1CCCCC1Cl)c1ccc(I)c(Cl)c1. The predicted molar refractivity (Wildman–Crippen MR) is 88.1 cm³/mol. The first-order chi connectivity index (χ1) is 9.08. The zero-order valence-corrected chi connectivity index (χ0v) is 14.1. The van der Waals surface area contributed by atoms with Gasteiger partial charge in [-0.25, -0.2) is 0 Å². The molecule has 0 radical (unpaired) electrons. The van der Waals surface area contributed by atoms with Crippen molar-refractivity contribution in [3.8, 4) is 0 Å². The highest BCUT2D eigenvalue weighted by Crippen LogP contribution is 2.28. The number of rotatable bonds is 3. The normalized spacial score (nSPS) is 23.1. The number of carbonyl (C=O) groups excluding carboxylic acids is 1. The Morgan fingerprint density at radius 1 is 1.37 bits per heavy atom. The average Bonchev–Trinajstić information content (AvgIpc) is 2.40. The Morgan fingerprint density at radius 3 is 2.79 bits per heavy atom. The Labute approximate surface area is 137 Å². The van der Waals surface area contributed by atoms with Gasteiger partial charge >= 0.3 is 0 Å². The summed E-state index contributed by atoms with van der Waals surface area (Å²) in [6.07, 6.45) is 4.56. The number of carbonyl (C=O) groups is 1. The van der Waals surface area contributed by atoms with E-state index in [2.05, 4.69) is 27.9 Å². The number of nitrogens with one attached hydrogen (secondary N) is 1. The minimum Gasteiger partial charge on any atom is -0.352 e. The smallest absolute Gasteiger partial charge is 0.251 e. The molecule has 1 N–H and O–H groups in total. The first-order valence-corrected chi connectivity index (χ1v) is 8.34. The lowest BCUT2D eigenvalue weighted by Gasteiger charge is -2.27. The summed E-state index contributed by atoms with van der Waals surface area (Å²) in [4.78, 5) is 12.0. The molecule has 0 saturated heterocycles. The van der Waals surface area contributed by atoms with Crippen LogP contribution in [0.2, 0.25) is 5.02 Å². The van der Waals surface area contributed by atoms with Crippen LogP contribution in [0.3, 0.4) is 0 Å². The number of alkyl halides is 1. The van der Waals surface area contributed by atoms with Crippen LogP contribution in [0, 0.1) is 9.49 Å². The summed E-state index contributed by atoms with van der Waals surface area (Å²) < 4.78 is 0.948. The Hall–Kier alpha value is -0.0000000000000000555. The van der Waals surface area contributed by atoms with Gasteiger partial charge in [0.2, 0.25) is 0 Å². The van der Waals surface area contributed by atoms with Crippen LogP contribution in [0.15, 0.2) is 18.2 Å². The van der Waals surface area contributed by atoms with E-state index >= 15 is 0 Å². The van der Waals surface area contributed by atoms with Crippen LogP contribution >= 0.6 is 45.8 Å². The standard InChI is InChI=1S/C14H16Cl2INO/c15-11-4-2-1-3-10(11)8-18-14(19)9-5-6-13(17)12(16)7-9/h5-7,10-11H,1-4,8H2,(H,18,19). The van der Waals surface area contributed by atoms with Crippen LogP contribution in [0.4, 0.5) is 0 Å². The highest BCUT2D eigenvalue weighted by atomic mass is 127. The quantitative estimate of drug-likeness (QED) is 0.576. The van der Waals surface area contributed by atoms with Gasteiger partial charge in [0, 0.05) is 21.1 Å². The second kappa shape index (κ2) is 7.14. The van der Waals surface area contributed by atoms with Gasteiger partial charge in [0.15, 0.2) is 0 Å². The van der Waals surface area contributed by atoms with Crippen LogP contribution in [-0.4, -0.2) is 17.8 Å². The van der Waals surface area contributed by atoms with Gasteiger partial charge in [-0.1, -0.05) is 24.4 Å². The molecule has 1 saturated carbocycles. The number of hydrogen-bond acceptors (Lipinski definition) is 1. The molecule has 1 amide bonds. The van der Waals surface area contributed by atoms with Crippen LogP contribution < -0.4 is 5.32 Å². The molecule has 2 rings (SSSR count). The van der Waals surface area contributed by atoms with Crippen molar-refractivity contribution in [3.63, 3.8) is 0 Å². The van der Waals surface area contributed by atoms with Gasteiger partial charge in [-0.05, 0) is 59.5 Å². The van der Waals surface area contributed by atoms with Gasteiger partial charge in [-0.15, -0.1) is 11.6 Å².